The summed E-state index contributed by atoms with van der Waals surface area (Å²) in [7, 11) is 0. The van der Waals surface area contributed by atoms with Gasteiger partial charge in [-0.3, -0.25) is 0 Å². The number of halogens is 2. The maximum absolute atomic E-state index is 12.5. The fourth-order valence-electron chi connectivity index (χ4n) is 1.35. The molecule has 3 heteroatoms. The van der Waals surface area contributed by atoms with Crippen molar-refractivity contribution in [3.8, 4) is 0 Å². The molecule has 0 spiro atoms. The molecule has 1 aromatic carbocycles. The fraction of sp³-hybridized carbons (Fsp3) is 0.400. The molecule has 1 aliphatic rings. The van der Waals surface area contributed by atoms with Crippen molar-refractivity contribution in [2.75, 3.05) is 0 Å². The Bertz CT molecular complexity index is 279. The molecule has 0 heterocycles. The van der Waals surface area contributed by atoms with Gasteiger partial charge in [-0.05, 0) is 37.0 Å². The minimum atomic E-state index is -0.180. The maximum atomic E-state index is 12.5. The smallest absolute Gasteiger partial charge is 0.123 e. The monoisotopic (exact) mass is 201 g/mol. The molecular weight excluding hydrogens is 189 g/mol. The molecule has 0 saturated heterocycles. The second-order valence-electron chi connectivity index (χ2n) is 3.67. The van der Waals surface area contributed by atoms with Gasteiger partial charge in [0.15, 0.2) is 0 Å². The van der Waals surface area contributed by atoms with E-state index >= 15 is 0 Å². The lowest BCUT2D eigenvalue weighted by Gasteiger charge is -2.07. The van der Waals surface area contributed by atoms with Gasteiger partial charge in [0.25, 0.3) is 0 Å². The third-order valence-corrected chi connectivity index (χ3v) is 2.36. The molecule has 1 saturated carbocycles. The highest BCUT2D eigenvalue weighted by molar-refractivity contribution is 5.85. The molecule has 1 fully saturated rings. The largest absolute Gasteiger partial charge is 0.325 e. The van der Waals surface area contributed by atoms with Gasteiger partial charge in [-0.15, -0.1) is 12.4 Å². The van der Waals surface area contributed by atoms with E-state index in [0.717, 1.165) is 24.8 Å². The number of hydrogen-bond donors (Lipinski definition) is 1. The summed E-state index contributed by atoms with van der Waals surface area (Å²) in [6, 6.07) is 6.59. The van der Waals surface area contributed by atoms with Gasteiger partial charge >= 0.3 is 0 Å². The van der Waals surface area contributed by atoms with E-state index in [1.54, 1.807) is 0 Å². The number of benzene rings is 1. The van der Waals surface area contributed by atoms with Crippen LogP contribution >= 0.6 is 12.4 Å². The zero-order valence-corrected chi connectivity index (χ0v) is 8.11. The third-order valence-electron chi connectivity index (χ3n) is 2.36. The van der Waals surface area contributed by atoms with Gasteiger partial charge in [-0.1, -0.05) is 12.1 Å². The Morgan fingerprint density at radius 3 is 2.23 bits per heavy atom. The molecule has 13 heavy (non-hydrogen) atoms. The Morgan fingerprint density at radius 1 is 1.23 bits per heavy atom. The summed E-state index contributed by atoms with van der Waals surface area (Å²) in [6.45, 7) is 0. The van der Waals surface area contributed by atoms with Crippen molar-refractivity contribution in [3.05, 3.63) is 35.6 Å². The molecule has 1 aromatic rings. The first-order valence-electron chi connectivity index (χ1n) is 4.21. The van der Waals surface area contributed by atoms with E-state index in [1.165, 1.54) is 12.1 Å². The summed E-state index contributed by atoms with van der Waals surface area (Å²) in [5.74, 6) is -0.180. The van der Waals surface area contributed by atoms with Crippen molar-refractivity contribution in [1.82, 2.24) is 0 Å². The standard InChI is InChI=1S/C10H12FN.ClH/c11-9-3-1-8(2-4-9)7-10(12)5-6-10;/h1-4H,5-7,12H2;1H. The van der Waals surface area contributed by atoms with Crippen molar-refractivity contribution in [3.63, 3.8) is 0 Å². The lowest BCUT2D eigenvalue weighted by molar-refractivity contribution is 0.623. The van der Waals surface area contributed by atoms with Crippen LogP contribution in [0.2, 0.25) is 0 Å². The normalized spacial score (nSPS) is 17.7. The first-order chi connectivity index (χ1) is 5.68. The lowest BCUT2D eigenvalue weighted by Crippen LogP contribution is -2.24. The van der Waals surface area contributed by atoms with Crippen LogP contribution in [0.3, 0.4) is 0 Å². The van der Waals surface area contributed by atoms with Crippen LogP contribution in [0, 0.1) is 5.82 Å². The highest BCUT2D eigenvalue weighted by Gasteiger charge is 2.37. The van der Waals surface area contributed by atoms with Crippen LogP contribution in [-0.4, -0.2) is 5.54 Å². The van der Waals surface area contributed by atoms with E-state index < -0.39 is 0 Å². The summed E-state index contributed by atoms with van der Waals surface area (Å²) >= 11 is 0. The number of nitrogens with two attached hydrogens (primary N) is 1. The van der Waals surface area contributed by atoms with E-state index in [1.807, 2.05) is 12.1 Å². The van der Waals surface area contributed by atoms with E-state index in [9.17, 15) is 4.39 Å². The summed E-state index contributed by atoms with van der Waals surface area (Å²) in [4.78, 5) is 0. The van der Waals surface area contributed by atoms with Crippen LogP contribution < -0.4 is 5.73 Å². The van der Waals surface area contributed by atoms with E-state index in [0.29, 0.717) is 0 Å². The van der Waals surface area contributed by atoms with Gasteiger partial charge in [-0.25, -0.2) is 4.39 Å². The molecule has 1 aliphatic carbocycles. The van der Waals surface area contributed by atoms with Gasteiger partial charge < -0.3 is 5.73 Å². The van der Waals surface area contributed by atoms with E-state index in [-0.39, 0.29) is 23.8 Å². The predicted molar refractivity (Wildman–Crippen MR) is 53.5 cm³/mol. The molecular formula is C10H13ClFN. The summed E-state index contributed by atoms with van der Waals surface area (Å²) < 4.78 is 12.5. The van der Waals surface area contributed by atoms with Crippen molar-refractivity contribution in [2.45, 2.75) is 24.8 Å². The Balaban J connectivity index is 0.000000845. The minimum Gasteiger partial charge on any atom is -0.325 e. The van der Waals surface area contributed by atoms with Crippen LogP contribution in [0.5, 0.6) is 0 Å². The van der Waals surface area contributed by atoms with Crippen LogP contribution in [0.15, 0.2) is 24.3 Å². The first kappa shape index (κ1) is 10.5. The Morgan fingerprint density at radius 2 is 1.77 bits per heavy atom. The number of rotatable bonds is 2. The van der Waals surface area contributed by atoms with Crippen molar-refractivity contribution in [2.24, 2.45) is 5.73 Å². The molecule has 0 amide bonds. The molecule has 0 unspecified atom stereocenters. The molecule has 2 N–H and O–H groups in total. The van der Waals surface area contributed by atoms with Crippen molar-refractivity contribution >= 4 is 12.4 Å². The van der Waals surface area contributed by atoms with Crippen LogP contribution in [0.4, 0.5) is 4.39 Å². The topological polar surface area (TPSA) is 26.0 Å². The van der Waals surface area contributed by atoms with Crippen molar-refractivity contribution in [1.29, 1.82) is 0 Å². The molecule has 0 bridgehead atoms. The molecule has 0 aromatic heterocycles. The second-order valence-corrected chi connectivity index (χ2v) is 3.67. The van der Waals surface area contributed by atoms with E-state index in [4.69, 9.17) is 5.73 Å². The average molecular weight is 202 g/mol. The van der Waals surface area contributed by atoms with Crippen molar-refractivity contribution < 1.29 is 4.39 Å². The predicted octanol–water partition coefficient (Wildman–Crippen LogP) is 2.28. The lowest BCUT2D eigenvalue weighted by atomic mass is 10.1. The summed E-state index contributed by atoms with van der Waals surface area (Å²) in [5.41, 5.74) is 7.08. The van der Waals surface area contributed by atoms with Crippen LogP contribution in [-0.2, 0) is 6.42 Å². The zero-order chi connectivity index (χ0) is 8.60. The Hall–Kier alpha value is -0.600. The summed E-state index contributed by atoms with van der Waals surface area (Å²) in [5, 5.41) is 0. The molecule has 0 aliphatic heterocycles. The van der Waals surface area contributed by atoms with Gasteiger partial charge in [-0.2, -0.15) is 0 Å². The minimum absolute atomic E-state index is 0. The fourth-order valence-corrected chi connectivity index (χ4v) is 1.35. The second kappa shape index (κ2) is 3.64. The van der Waals surface area contributed by atoms with Crippen LogP contribution in [0.25, 0.3) is 0 Å². The molecule has 72 valence electrons. The third kappa shape index (κ3) is 2.68. The number of hydrogen-bond acceptors (Lipinski definition) is 1. The highest BCUT2D eigenvalue weighted by atomic mass is 35.5. The quantitative estimate of drug-likeness (QED) is 0.781. The van der Waals surface area contributed by atoms with Gasteiger partial charge in [0, 0.05) is 5.54 Å². The Labute approximate surface area is 83.5 Å². The van der Waals surface area contributed by atoms with Gasteiger partial charge in [0.1, 0.15) is 5.82 Å². The highest BCUT2D eigenvalue weighted by Crippen LogP contribution is 2.35. The Kier molecular flexibility index (Phi) is 2.94. The maximum Gasteiger partial charge on any atom is 0.123 e. The summed E-state index contributed by atoms with van der Waals surface area (Å²) in [6.07, 6.45) is 3.09. The first-order valence-corrected chi connectivity index (χ1v) is 4.21. The van der Waals surface area contributed by atoms with E-state index in [2.05, 4.69) is 0 Å². The zero-order valence-electron chi connectivity index (χ0n) is 7.29. The van der Waals surface area contributed by atoms with Crippen LogP contribution in [0.1, 0.15) is 18.4 Å². The van der Waals surface area contributed by atoms with Gasteiger partial charge in [0.05, 0.1) is 0 Å². The molecule has 0 radical (unpaired) electrons. The molecule has 1 nitrogen and oxygen atoms in total. The molecule has 0 atom stereocenters. The molecule has 2 rings (SSSR count). The average Bonchev–Trinajstić information content (AvgIpc) is 2.74. The SMILES string of the molecule is Cl.NC1(Cc2ccc(F)cc2)CC1. The van der Waals surface area contributed by atoms with Gasteiger partial charge in [0.2, 0.25) is 0 Å².